The Morgan fingerprint density at radius 2 is 1.80 bits per heavy atom. The van der Waals surface area contributed by atoms with E-state index in [9.17, 15) is 9.90 Å². The van der Waals surface area contributed by atoms with Crippen LogP contribution in [0.2, 0.25) is 0 Å². The largest absolute Gasteiger partial charge is 0.493 e. The monoisotopic (exact) mass is 341 g/mol. The number of rotatable bonds is 5. The van der Waals surface area contributed by atoms with E-state index in [0.29, 0.717) is 23.5 Å². The molecule has 2 N–H and O–H groups in total. The van der Waals surface area contributed by atoms with Gasteiger partial charge in [-0.1, -0.05) is 17.7 Å². The molecule has 0 spiro atoms. The van der Waals surface area contributed by atoms with Crippen molar-refractivity contribution in [3.63, 3.8) is 0 Å². The lowest BCUT2D eigenvalue weighted by molar-refractivity contribution is 0.0368. The molecule has 1 aliphatic rings. The maximum atomic E-state index is 12.3. The maximum absolute atomic E-state index is 12.3. The van der Waals surface area contributed by atoms with Gasteiger partial charge in [-0.05, 0) is 55.2 Å². The fourth-order valence-corrected chi connectivity index (χ4v) is 3.25. The molecule has 2 aromatic carbocycles. The molecule has 132 valence electrons. The third-order valence-electron chi connectivity index (χ3n) is 4.77. The molecule has 1 unspecified atom stereocenters. The number of aryl methyl sites for hydroxylation is 2. The van der Waals surface area contributed by atoms with Gasteiger partial charge in [0.2, 0.25) is 0 Å². The molecular formula is C20H23NO4. The van der Waals surface area contributed by atoms with Gasteiger partial charge in [0.15, 0.2) is 11.5 Å². The molecule has 0 saturated carbocycles. The minimum atomic E-state index is -1.10. The minimum absolute atomic E-state index is 0.155. The van der Waals surface area contributed by atoms with Crippen LogP contribution in [0.1, 0.15) is 33.5 Å². The zero-order chi connectivity index (χ0) is 18.0. The minimum Gasteiger partial charge on any atom is -0.493 e. The highest BCUT2D eigenvalue weighted by Crippen LogP contribution is 2.42. The molecule has 0 aromatic heterocycles. The molecule has 0 saturated heterocycles. The lowest BCUT2D eigenvalue weighted by Gasteiger charge is -2.25. The molecule has 0 aliphatic heterocycles. The Morgan fingerprint density at radius 3 is 2.44 bits per heavy atom. The summed E-state index contributed by atoms with van der Waals surface area (Å²) in [5, 5.41) is 13.9. The van der Waals surface area contributed by atoms with E-state index in [-0.39, 0.29) is 12.5 Å². The molecule has 1 atom stereocenters. The van der Waals surface area contributed by atoms with Crippen LogP contribution in [0.15, 0.2) is 36.4 Å². The van der Waals surface area contributed by atoms with Gasteiger partial charge in [-0.3, -0.25) is 4.79 Å². The lowest BCUT2D eigenvalue weighted by Crippen LogP contribution is -2.39. The van der Waals surface area contributed by atoms with Crippen molar-refractivity contribution in [3.05, 3.63) is 58.7 Å². The van der Waals surface area contributed by atoms with Crippen molar-refractivity contribution in [2.24, 2.45) is 0 Å². The summed E-state index contributed by atoms with van der Waals surface area (Å²) in [5.41, 5.74) is 2.38. The van der Waals surface area contributed by atoms with Crippen LogP contribution in [-0.4, -0.2) is 31.8 Å². The van der Waals surface area contributed by atoms with Gasteiger partial charge in [-0.2, -0.15) is 0 Å². The van der Waals surface area contributed by atoms with Crippen LogP contribution in [-0.2, 0) is 12.0 Å². The summed E-state index contributed by atoms with van der Waals surface area (Å²) in [5.74, 6) is 1.03. The Morgan fingerprint density at radius 1 is 1.16 bits per heavy atom. The number of hydrogen-bond acceptors (Lipinski definition) is 4. The first-order chi connectivity index (χ1) is 12.0. The number of nitrogens with one attached hydrogen (secondary N) is 1. The Labute approximate surface area is 147 Å². The molecule has 0 fully saturated rings. The molecular weight excluding hydrogens is 318 g/mol. The Balaban J connectivity index is 1.78. The molecule has 0 radical (unpaired) electrons. The summed E-state index contributed by atoms with van der Waals surface area (Å²) < 4.78 is 10.7. The SMILES string of the molecule is COc1cc2c(cc1OC)C(O)(CNC(=O)c1ccc(C)cc1)CC2. The number of methoxy groups -OCH3 is 2. The molecule has 1 aliphatic carbocycles. The maximum Gasteiger partial charge on any atom is 0.251 e. The van der Waals surface area contributed by atoms with Crippen LogP contribution in [0.25, 0.3) is 0 Å². The fraction of sp³-hybridized carbons (Fsp3) is 0.350. The van der Waals surface area contributed by atoms with E-state index < -0.39 is 5.60 Å². The predicted octanol–water partition coefficient (Wildman–Crippen LogP) is 2.58. The summed E-state index contributed by atoms with van der Waals surface area (Å²) in [6.45, 7) is 2.13. The van der Waals surface area contributed by atoms with Crippen LogP contribution < -0.4 is 14.8 Å². The van der Waals surface area contributed by atoms with Gasteiger partial charge >= 0.3 is 0 Å². The van der Waals surface area contributed by atoms with Gasteiger partial charge in [0, 0.05) is 5.56 Å². The average Bonchev–Trinajstić information content (AvgIpc) is 2.95. The van der Waals surface area contributed by atoms with Gasteiger partial charge in [0.25, 0.3) is 5.91 Å². The number of hydrogen-bond donors (Lipinski definition) is 2. The zero-order valence-electron chi connectivity index (χ0n) is 14.8. The Bertz CT molecular complexity index is 785. The van der Waals surface area contributed by atoms with Crippen molar-refractivity contribution >= 4 is 5.91 Å². The van der Waals surface area contributed by atoms with Crippen LogP contribution in [0, 0.1) is 6.92 Å². The van der Waals surface area contributed by atoms with E-state index in [1.807, 2.05) is 25.1 Å². The van der Waals surface area contributed by atoms with Crippen molar-refractivity contribution in [1.29, 1.82) is 0 Å². The van der Waals surface area contributed by atoms with E-state index in [4.69, 9.17) is 9.47 Å². The van der Waals surface area contributed by atoms with E-state index in [0.717, 1.165) is 23.1 Å². The highest BCUT2D eigenvalue weighted by molar-refractivity contribution is 5.94. The molecule has 5 heteroatoms. The molecule has 25 heavy (non-hydrogen) atoms. The summed E-state index contributed by atoms with van der Waals surface area (Å²) in [6.07, 6.45) is 1.28. The normalized spacial score (nSPS) is 18.6. The van der Waals surface area contributed by atoms with E-state index in [2.05, 4.69) is 5.32 Å². The van der Waals surface area contributed by atoms with Crippen LogP contribution in [0.5, 0.6) is 11.5 Å². The standard InChI is InChI=1S/C20H23NO4/c1-13-4-6-14(7-5-13)19(22)21-12-20(23)9-8-15-10-17(24-2)18(25-3)11-16(15)20/h4-7,10-11,23H,8-9,12H2,1-3H3,(H,21,22). The number of fused-ring (bicyclic) bond motifs is 1. The van der Waals surface area contributed by atoms with Gasteiger partial charge in [-0.25, -0.2) is 0 Å². The molecule has 2 aromatic rings. The molecule has 5 nitrogen and oxygen atoms in total. The molecule has 0 heterocycles. The third-order valence-corrected chi connectivity index (χ3v) is 4.77. The summed E-state index contributed by atoms with van der Waals surface area (Å²) >= 11 is 0. The average molecular weight is 341 g/mol. The summed E-state index contributed by atoms with van der Waals surface area (Å²) in [4.78, 5) is 12.3. The molecule has 0 bridgehead atoms. The highest BCUT2D eigenvalue weighted by atomic mass is 16.5. The fourth-order valence-electron chi connectivity index (χ4n) is 3.25. The number of aliphatic hydroxyl groups is 1. The van der Waals surface area contributed by atoms with Crippen LogP contribution >= 0.6 is 0 Å². The van der Waals surface area contributed by atoms with Crippen molar-refractivity contribution in [2.75, 3.05) is 20.8 Å². The number of ether oxygens (including phenoxy) is 2. The second kappa shape index (κ2) is 6.76. The molecule has 3 rings (SSSR count). The van der Waals surface area contributed by atoms with E-state index >= 15 is 0 Å². The van der Waals surface area contributed by atoms with Gasteiger partial charge in [0.1, 0.15) is 5.60 Å². The van der Waals surface area contributed by atoms with Crippen molar-refractivity contribution in [1.82, 2.24) is 5.32 Å². The first-order valence-corrected chi connectivity index (χ1v) is 8.29. The van der Waals surface area contributed by atoms with Crippen molar-refractivity contribution in [2.45, 2.75) is 25.4 Å². The second-order valence-corrected chi connectivity index (χ2v) is 6.44. The topological polar surface area (TPSA) is 67.8 Å². The third kappa shape index (κ3) is 3.33. The van der Waals surface area contributed by atoms with Crippen LogP contribution in [0.3, 0.4) is 0 Å². The van der Waals surface area contributed by atoms with Gasteiger partial charge < -0.3 is 19.9 Å². The number of benzene rings is 2. The van der Waals surface area contributed by atoms with Crippen molar-refractivity contribution < 1.29 is 19.4 Å². The van der Waals surface area contributed by atoms with E-state index in [1.54, 1.807) is 32.4 Å². The zero-order valence-corrected chi connectivity index (χ0v) is 14.8. The first-order valence-electron chi connectivity index (χ1n) is 8.29. The van der Waals surface area contributed by atoms with Crippen molar-refractivity contribution in [3.8, 4) is 11.5 Å². The summed E-state index contributed by atoms with van der Waals surface area (Å²) in [7, 11) is 3.16. The second-order valence-electron chi connectivity index (χ2n) is 6.44. The molecule has 1 amide bonds. The number of carbonyl (C=O) groups is 1. The number of amides is 1. The van der Waals surface area contributed by atoms with Gasteiger partial charge in [-0.15, -0.1) is 0 Å². The number of carbonyl (C=O) groups excluding carboxylic acids is 1. The van der Waals surface area contributed by atoms with Gasteiger partial charge in [0.05, 0.1) is 20.8 Å². The lowest BCUT2D eigenvalue weighted by atomic mass is 9.95. The quantitative estimate of drug-likeness (QED) is 0.877. The Hall–Kier alpha value is -2.53. The smallest absolute Gasteiger partial charge is 0.251 e. The predicted molar refractivity (Wildman–Crippen MR) is 95.3 cm³/mol. The van der Waals surface area contributed by atoms with Crippen LogP contribution in [0.4, 0.5) is 0 Å². The Kier molecular flexibility index (Phi) is 4.68. The highest BCUT2D eigenvalue weighted by Gasteiger charge is 2.38. The first kappa shape index (κ1) is 17.3. The van der Waals surface area contributed by atoms with E-state index in [1.165, 1.54) is 0 Å². The summed E-state index contributed by atoms with van der Waals surface area (Å²) in [6, 6.07) is 11.1.